The predicted molar refractivity (Wildman–Crippen MR) is 91.6 cm³/mol. The van der Waals surface area contributed by atoms with Crippen molar-refractivity contribution in [3.05, 3.63) is 35.4 Å². The summed E-state index contributed by atoms with van der Waals surface area (Å²) in [7, 11) is 0. The van der Waals surface area contributed by atoms with Gasteiger partial charge in [-0.05, 0) is 48.4 Å². The normalized spacial score (nSPS) is 12.1. The maximum absolute atomic E-state index is 5.86. The molecule has 0 aromatic heterocycles. The molecule has 0 bridgehead atoms. The first-order valence-corrected chi connectivity index (χ1v) is 8.24. The Kier molecular flexibility index (Phi) is 7.98. The highest BCUT2D eigenvalue weighted by Crippen LogP contribution is 2.19. The average Bonchev–Trinajstić information content (AvgIpc) is 2.40. The summed E-state index contributed by atoms with van der Waals surface area (Å²) in [5.74, 6) is 0.709. The first kappa shape index (κ1) is 18.2. The van der Waals surface area contributed by atoms with Crippen molar-refractivity contribution in [2.45, 2.75) is 54.1 Å². The fraction of sp³-hybridized carbons (Fsp3) is 0.684. The third-order valence-electron chi connectivity index (χ3n) is 3.50. The van der Waals surface area contributed by atoms with Crippen molar-refractivity contribution < 1.29 is 4.74 Å². The van der Waals surface area contributed by atoms with Crippen molar-refractivity contribution in [3.8, 4) is 0 Å². The number of hydrogen-bond acceptors (Lipinski definition) is 2. The summed E-state index contributed by atoms with van der Waals surface area (Å²) >= 11 is 0. The lowest BCUT2D eigenvalue weighted by Gasteiger charge is -2.18. The molecule has 1 aromatic rings. The van der Waals surface area contributed by atoms with Crippen LogP contribution < -0.4 is 5.32 Å². The van der Waals surface area contributed by atoms with Gasteiger partial charge in [-0.2, -0.15) is 0 Å². The monoisotopic (exact) mass is 291 g/mol. The highest BCUT2D eigenvalue weighted by molar-refractivity contribution is 5.26. The standard InChI is InChI=1S/C19H33NO/c1-16(2)14-20-12-10-17-8-6-7-9-18(17)15-21-13-11-19(3,4)5/h6-9,16,20H,10-15H2,1-5H3. The van der Waals surface area contributed by atoms with Crippen LogP contribution >= 0.6 is 0 Å². The van der Waals surface area contributed by atoms with E-state index in [1.54, 1.807) is 0 Å². The Hall–Kier alpha value is -0.860. The van der Waals surface area contributed by atoms with E-state index in [1.165, 1.54) is 11.1 Å². The van der Waals surface area contributed by atoms with E-state index >= 15 is 0 Å². The number of ether oxygens (including phenoxy) is 1. The van der Waals surface area contributed by atoms with E-state index < -0.39 is 0 Å². The third-order valence-corrected chi connectivity index (χ3v) is 3.50. The summed E-state index contributed by atoms with van der Waals surface area (Å²) in [5.41, 5.74) is 3.09. The lowest BCUT2D eigenvalue weighted by Crippen LogP contribution is -2.22. The van der Waals surface area contributed by atoms with Crippen molar-refractivity contribution in [2.75, 3.05) is 19.7 Å². The topological polar surface area (TPSA) is 21.3 Å². The lowest BCUT2D eigenvalue weighted by atomic mass is 9.93. The van der Waals surface area contributed by atoms with Crippen LogP contribution in [0.1, 0.15) is 52.2 Å². The SMILES string of the molecule is CC(C)CNCCc1ccccc1COCCC(C)(C)C. The molecule has 0 aliphatic heterocycles. The largest absolute Gasteiger partial charge is 0.377 e. The van der Waals surface area contributed by atoms with Gasteiger partial charge >= 0.3 is 0 Å². The Morgan fingerprint density at radius 2 is 1.76 bits per heavy atom. The zero-order valence-electron chi connectivity index (χ0n) is 14.5. The molecule has 0 fully saturated rings. The molecule has 0 heterocycles. The van der Waals surface area contributed by atoms with Crippen LogP contribution in [0.3, 0.4) is 0 Å². The summed E-state index contributed by atoms with van der Waals surface area (Å²) < 4.78 is 5.86. The Balaban J connectivity index is 2.36. The number of hydrogen-bond donors (Lipinski definition) is 1. The molecule has 0 aliphatic rings. The number of nitrogens with one attached hydrogen (secondary N) is 1. The van der Waals surface area contributed by atoms with Gasteiger partial charge in [0, 0.05) is 6.61 Å². The summed E-state index contributed by atoms with van der Waals surface area (Å²) in [6, 6.07) is 8.64. The van der Waals surface area contributed by atoms with Crippen molar-refractivity contribution in [2.24, 2.45) is 11.3 Å². The molecule has 21 heavy (non-hydrogen) atoms. The molecule has 2 nitrogen and oxygen atoms in total. The maximum atomic E-state index is 5.86. The number of rotatable bonds is 9. The first-order chi connectivity index (χ1) is 9.88. The van der Waals surface area contributed by atoms with Crippen molar-refractivity contribution in [1.29, 1.82) is 0 Å². The second-order valence-corrected chi connectivity index (χ2v) is 7.48. The molecule has 0 saturated carbocycles. The molecule has 0 radical (unpaired) electrons. The highest BCUT2D eigenvalue weighted by Gasteiger charge is 2.09. The van der Waals surface area contributed by atoms with E-state index in [2.05, 4.69) is 64.2 Å². The van der Waals surface area contributed by atoms with Gasteiger partial charge in [0.05, 0.1) is 6.61 Å². The molecular formula is C19H33NO. The van der Waals surface area contributed by atoms with E-state index in [0.29, 0.717) is 11.3 Å². The van der Waals surface area contributed by atoms with Crippen LogP contribution in [0.15, 0.2) is 24.3 Å². The minimum atomic E-state index is 0.348. The molecule has 0 amide bonds. The van der Waals surface area contributed by atoms with Gasteiger partial charge in [0.15, 0.2) is 0 Å². The van der Waals surface area contributed by atoms with E-state index in [1.807, 2.05) is 0 Å². The Morgan fingerprint density at radius 3 is 2.38 bits per heavy atom. The highest BCUT2D eigenvalue weighted by atomic mass is 16.5. The van der Waals surface area contributed by atoms with E-state index in [0.717, 1.165) is 39.1 Å². The molecular weight excluding hydrogens is 258 g/mol. The van der Waals surface area contributed by atoms with E-state index in [9.17, 15) is 0 Å². The summed E-state index contributed by atoms with van der Waals surface area (Å²) in [4.78, 5) is 0. The van der Waals surface area contributed by atoms with Crippen LogP contribution in [0, 0.1) is 11.3 Å². The second kappa shape index (κ2) is 9.22. The summed E-state index contributed by atoms with van der Waals surface area (Å²) in [6.45, 7) is 14.9. The summed E-state index contributed by atoms with van der Waals surface area (Å²) in [6.07, 6.45) is 2.18. The average molecular weight is 291 g/mol. The van der Waals surface area contributed by atoms with Gasteiger partial charge in [-0.1, -0.05) is 58.9 Å². The van der Waals surface area contributed by atoms with Crippen LogP contribution in [0.4, 0.5) is 0 Å². The van der Waals surface area contributed by atoms with Gasteiger partial charge in [0.1, 0.15) is 0 Å². The van der Waals surface area contributed by atoms with Crippen molar-refractivity contribution >= 4 is 0 Å². The fourth-order valence-corrected chi connectivity index (χ4v) is 2.12. The zero-order valence-corrected chi connectivity index (χ0v) is 14.5. The van der Waals surface area contributed by atoms with Gasteiger partial charge in [-0.3, -0.25) is 0 Å². The molecule has 1 rings (SSSR count). The minimum absolute atomic E-state index is 0.348. The predicted octanol–water partition coefficient (Wildman–Crippen LogP) is 4.43. The minimum Gasteiger partial charge on any atom is -0.377 e. The van der Waals surface area contributed by atoms with Crippen LogP contribution in [0.25, 0.3) is 0 Å². The Labute approximate surface area is 131 Å². The van der Waals surface area contributed by atoms with Gasteiger partial charge in [-0.25, -0.2) is 0 Å². The molecule has 120 valence electrons. The smallest absolute Gasteiger partial charge is 0.0719 e. The van der Waals surface area contributed by atoms with Gasteiger partial charge in [0.25, 0.3) is 0 Å². The molecule has 0 aliphatic carbocycles. The molecule has 1 aromatic carbocycles. The van der Waals surface area contributed by atoms with E-state index in [-0.39, 0.29) is 0 Å². The Bertz CT molecular complexity index is 393. The summed E-state index contributed by atoms with van der Waals surface area (Å²) in [5, 5.41) is 3.51. The second-order valence-electron chi connectivity index (χ2n) is 7.48. The Morgan fingerprint density at radius 1 is 1.10 bits per heavy atom. The fourth-order valence-electron chi connectivity index (χ4n) is 2.12. The molecule has 0 saturated heterocycles. The molecule has 0 unspecified atom stereocenters. The molecule has 0 atom stereocenters. The van der Waals surface area contributed by atoms with Gasteiger partial charge < -0.3 is 10.1 Å². The molecule has 0 spiro atoms. The van der Waals surface area contributed by atoms with Crippen LogP contribution in [0.2, 0.25) is 0 Å². The molecule has 2 heteroatoms. The third kappa shape index (κ3) is 8.90. The lowest BCUT2D eigenvalue weighted by molar-refractivity contribution is 0.0958. The van der Waals surface area contributed by atoms with Crippen LogP contribution in [-0.2, 0) is 17.8 Å². The van der Waals surface area contributed by atoms with Gasteiger partial charge in [0.2, 0.25) is 0 Å². The number of benzene rings is 1. The zero-order chi connectivity index (χ0) is 15.7. The van der Waals surface area contributed by atoms with Gasteiger partial charge in [-0.15, -0.1) is 0 Å². The van der Waals surface area contributed by atoms with Crippen LogP contribution in [-0.4, -0.2) is 19.7 Å². The van der Waals surface area contributed by atoms with Crippen LogP contribution in [0.5, 0.6) is 0 Å². The quantitative estimate of drug-likeness (QED) is 0.680. The van der Waals surface area contributed by atoms with E-state index in [4.69, 9.17) is 4.74 Å². The molecule has 1 N–H and O–H groups in total. The van der Waals surface area contributed by atoms with Crippen molar-refractivity contribution in [3.63, 3.8) is 0 Å². The van der Waals surface area contributed by atoms with Crippen molar-refractivity contribution in [1.82, 2.24) is 5.32 Å². The first-order valence-electron chi connectivity index (χ1n) is 8.24. The maximum Gasteiger partial charge on any atom is 0.0719 e.